The largest absolute Gasteiger partial charge is 0.417 e. The number of rotatable bonds is 3. The molecule has 5 aromatic carbocycles. The molecule has 46 heavy (non-hydrogen) atoms. The first-order chi connectivity index (χ1) is 22.3. The standard InChI is InChI=1S/C37H17F3N6/c38-37(39,40)28-17-30-36(31-27-3-1-2-4-29(27)44-33(32(28)31)24-11-5-21(18-41)6-12-24)46-35(26-15-9-23(20-43)10-16-26)34(45-30)25-13-7-22(19-42)8-14-25/h1-17H. The van der Waals surface area contributed by atoms with E-state index in [-0.39, 0.29) is 27.5 Å². The Morgan fingerprint density at radius 3 is 1.46 bits per heavy atom. The molecule has 0 aliphatic carbocycles. The van der Waals surface area contributed by atoms with Gasteiger partial charge in [0.2, 0.25) is 0 Å². The second-order valence-corrected chi connectivity index (χ2v) is 10.5. The highest BCUT2D eigenvalue weighted by molar-refractivity contribution is 6.22. The van der Waals surface area contributed by atoms with Crippen LogP contribution < -0.4 is 0 Å². The zero-order chi connectivity index (χ0) is 32.0. The number of hydrogen-bond acceptors (Lipinski definition) is 6. The molecule has 0 radical (unpaired) electrons. The highest BCUT2D eigenvalue weighted by atomic mass is 19.4. The lowest BCUT2D eigenvalue weighted by molar-refractivity contribution is -0.136. The summed E-state index contributed by atoms with van der Waals surface area (Å²) in [4.78, 5) is 14.5. The number of aromatic nitrogens is 3. The lowest BCUT2D eigenvalue weighted by Gasteiger charge is -2.19. The smallest absolute Gasteiger partial charge is 0.247 e. The van der Waals surface area contributed by atoms with Crippen LogP contribution in [-0.2, 0) is 6.18 Å². The fourth-order valence-corrected chi connectivity index (χ4v) is 5.60. The molecule has 0 bridgehead atoms. The molecule has 0 N–H and O–H groups in total. The van der Waals surface area contributed by atoms with Gasteiger partial charge in [-0.2, -0.15) is 29.0 Å². The first-order valence-electron chi connectivity index (χ1n) is 13.9. The van der Waals surface area contributed by atoms with Crippen molar-refractivity contribution in [3.8, 4) is 52.0 Å². The van der Waals surface area contributed by atoms with Gasteiger partial charge in [-0.25, -0.2) is 15.0 Å². The Balaban J connectivity index is 1.67. The maximum Gasteiger partial charge on any atom is 0.417 e. The van der Waals surface area contributed by atoms with E-state index in [0.29, 0.717) is 55.7 Å². The van der Waals surface area contributed by atoms with Crippen LogP contribution in [0.15, 0.2) is 103 Å². The predicted octanol–water partition coefficient (Wildman–Crippen LogP) is 8.97. The van der Waals surface area contributed by atoms with Crippen molar-refractivity contribution >= 4 is 32.7 Å². The molecule has 0 unspecified atom stereocenters. The van der Waals surface area contributed by atoms with Crippen LogP contribution in [0.2, 0.25) is 0 Å². The van der Waals surface area contributed by atoms with Gasteiger partial charge >= 0.3 is 6.18 Å². The van der Waals surface area contributed by atoms with Crippen molar-refractivity contribution in [1.82, 2.24) is 15.0 Å². The Bertz CT molecular complexity index is 2460. The normalized spacial score (nSPS) is 11.3. The van der Waals surface area contributed by atoms with Crippen LogP contribution in [0, 0.1) is 34.0 Å². The zero-order valence-corrected chi connectivity index (χ0v) is 23.6. The molecule has 0 saturated heterocycles. The van der Waals surface area contributed by atoms with Gasteiger partial charge in [-0.15, -0.1) is 0 Å². The van der Waals surface area contributed by atoms with Gasteiger partial charge in [-0.3, -0.25) is 0 Å². The number of hydrogen-bond donors (Lipinski definition) is 0. The van der Waals surface area contributed by atoms with E-state index in [0.717, 1.165) is 6.07 Å². The first-order valence-corrected chi connectivity index (χ1v) is 13.9. The summed E-state index contributed by atoms with van der Waals surface area (Å²) in [6.45, 7) is 0. The van der Waals surface area contributed by atoms with Crippen LogP contribution in [0.5, 0.6) is 0 Å². The third-order valence-electron chi connectivity index (χ3n) is 7.77. The van der Waals surface area contributed by atoms with Crippen LogP contribution in [-0.4, -0.2) is 15.0 Å². The molecule has 7 rings (SSSR count). The molecular weight excluding hydrogens is 585 g/mol. The van der Waals surface area contributed by atoms with Gasteiger partial charge in [-0.05, 0) is 48.5 Å². The quantitative estimate of drug-likeness (QED) is 0.187. The minimum absolute atomic E-state index is 0.0266. The van der Waals surface area contributed by atoms with E-state index in [9.17, 15) is 15.8 Å². The second kappa shape index (κ2) is 10.8. The lowest BCUT2D eigenvalue weighted by Crippen LogP contribution is -2.09. The van der Waals surface area contributed by atoms with Crippen molar-refractivity contribution in [1.29, 1.82) is 15.8 Å². The van der Waals surface area contributed by atoms with Gasteiger partial charge in [0.1, 0.15) is 0 Å². The van der Waals surface area contributed by atoms with Crippen LogP contribution in [0.3, 0.4) is 0 Å². The van der Waals surface area contributed by atoms with Gasteiger partial charge in [0.15, 0.2) is 0 Å². The molecule has 6 nitrogen and oxygen atoms in total. The average Bonchev–Trinajstić information content (AvgIpc) is 3.10. The monoisotopic (exact) mass is 602 g/mol. The molecule has 0 atom stereocenters. The topological polar surface area (TPSA) is 110 Å². The third-order valence-corrected chi connectivity index (χ3v) is 7.77. The van der Waals surface area contributed by atoms with Crippen molar-refractivity contribution in [2.75, 3.05) is 0 Å². The lowest BCUT2D eigenvalue weighted by atomic mass is 9.93. The summed E-state index contributed by atoms with van der Waals surface area (Å²) >= 11 is 0. The maximum atomic E-state index is 15.0. The highest BCUT2D eigenvalue weighted by Gasteiger charge is 2.36. The van der Waals surface area contributed by atoms with Gasteiger partial charge in [0, 0.05) is 32.8 Å². The summed E-state index contributed by atoms with van der Waals surface area (Å²) < 4.78 is 45.0. The second-order valence-electron chi connectivity index (χ2n) is 10.5. The van der Waals surface area contributed by atoms with Crippen LogP contribution in [0.25, 0.3) is 66.5 Å². The molecule has 0 aliphatic heterocycles. The van der Waals surface area contributed by atoms with E-state index in [1.54, 1.807) is 97.1 Å². The van der Waals surface area contributed by atoms with Gasteiger partial charge in [0.25, 0.3) is 0 Å². The molecule has 0 spiro atoms. The van der Waals surface area contributed by atoms with E-state index in [2.05, 4.69) is 12.1 Å². The number of halogens is 3. The molecule has 0 aliphatic rings. The van der Waals surface area contributed by atoms with E-state index in [1.165, 1.54) is 0 Å². The molecule has 9 heteroatoms. The minimum Gasteiger partial charge on any atom is -0.247 e. The molecular formula is C37H17F3N6. The number of benzene rings is 5. The first kappa shape index (κ1) is 28.2. The maximum absolute atomic E-state index is 15.0. The van der Waals surface area contributed by atoms with Gasteiger partial charge < -0.3 is 0 Å². The predicted molar refractivity (Wildman–Crippen MR) is 168 cm³/mol. The van der Waals surface area contributed by atoms with Crippen LogP contribution >= 0.6 is 0 Å². The minimum atomic E-state index is -4.78. The van der Waals surface area contributed by atoms with Crippen molar-refractivity contribution in [3.05, 3.63) is 125 Å². The molecule has 216 valence electrons. The summed E-state index contributed by atoms with van der Waals surface area (Å²) in [5, 5.41) is 28.6. The van der Waals surface area contributed by atoms with Crippen molar-refractivity contribution in [2.24, 2.45) is 0 Å². The van der Waals surface area contributed by atoms with E-state index in [4.69, 9.17) is 15.0 Å². The summed E-state index contributed by atoms with van der Waals surface area (Å²) in [7, 11) is 0. The molecule has 0 saturated carbocycles. The number of alkyl halides is 3. The molecule has 0 amide bonds. The summed E-state index contributed by atoms with van der Waals surface area (Å²) in [5.74, 6) is 0. The molecule has 7 aromatic rings. The highest BCUT2D eigenvalue weighted by Crippen LogP contribution is 2.45. The Hall–Kier alpha value is -6.63. The van der Waals surface area contributed by atoms with Crippen molar-refractivity contribution < 1.29 is 13.2 Å². The van der Waals surface area contributed by atoms with E-state index >= 15 is 13.2 Å². The van der Waals surface area contributed by atoms with Gasteiger partial charge in [-0.1, -0.05) is 54.6 Å². The van der Waals surface area contributed by atoms with E-state index in [1.807, 2.05) is 6.07 Å². The van der Waals surface area contributed by atoms with Gasteiger partial charge in [0.05, 0.1) is 74.1 Å². The summed E-state index contributed by atoms with van der Waals surface area (Å²) in [6.07, 6.45) is -4.78. The van der Waals surface area contributed by atoms with Crippen molar-refractivity contribution in [3.63, 3.8) is 0 Å². The number of fused-ring (bicyclic) bond motifs is 5. The summed E-state index contributed by atoms with van der Waals surface area (Å²) in [6, 6.07) is 33.7. The molecule has 2 heterocycles. The number of para-hydroxylation sites is 1. The number of nitrogens with zero attached hydrogens (tertiary/aromatic N) is 6. The Morgan fingerprint density at radius 1 is 0.500 bits per heavy atom. The SMILES string of the molecule is N#Cc1ccc(-c2nc3cc(C(F)(F)F)c4c(-c5ccc(C#N)cc5)nc5ccccc5c4c3nc2-c2ccc(C#N)cc2)cc1. The average molecular weight is 603 g/mol. The fraction of sp³-hybridized carbons (Fsp3) is 0.0270. The zero-order valence-electron chi connectivity index (χ0n) is 23.6. The van der Waals surface area contributed by atoms with Crippen molar-refractivity contribution in [2.45, 2.75) is 6.18 Å². The number of pyridine rings is 1. The Kier molecular flexibility index (Phi) is 6.62. The molecule has 0 fully saturated rings. The Morgan fingerprint density at radius 2 is 0.957 bits per heavy atom. The van der Waals surface area contributed by atoms with Crippen LogP contribution in [0.4, 0.5) is 13.2 Å². The van der Waals surface area contributed by atoms with Crippen LogP contribution in [0.1, 0.15) is 22.3 Å². The Labute approximate surface area is 259 Å². The molecule has 2 aromatic heterocycles. The number of nitriles is 3. The third kappa shape index (κ3) is 4.72. The summed E-state index contributed by atoms with van der Waals surface area (Å²) in [5.41, 5.74) is 3.41. The van der Waals surface area contributed by atoms with E-state index < -0.39 is 11.7 Å². The fourth-order valence-electron chi connectivity index (χ4n) is 5.60.